The first kappa shape index (κ1) is 10.7. The van der Waals surface area contributed by atoms with E-state index in [1.165, 1.54) is 29.9 Å². The lowest BCUT2D eigenvalue weighted by atomic mass is 9.74. The fourth-order valence-electron chi connectivity index (χ4n) is 3.05. The van der Waals surface area contributed by atoms with Crippen LogP contribution in [-0.2, 0) is 0 Å². The molecule has 0 spiro atoms. The van der Waals surface area contributed by atoms with Crippen molar-refractivity contribution in [2.75, 3.05) is 12.8 Å². The number of nitrogens with one attached hydrogen (secondary N) is 1. The summed E-state index contributed by atoms with van der Waals surface area (Å²) in [6.07, 6.45) is 4.29. The second kappa shape index (κ2) is 4.42. The summed E-state index contributed by atoms with van der Waals surface area (Å²) in [5, 5.41) is 3.57. The van der Waals surface area contributed by atoms with Crippen LogP contribution >= 0.6 is 11.8 Å². The molecule has 1 aliphatic carbocycles. The van der Waals surface area contributed by atoms with Crippen LogP contribution in [0.3, 0.4) is 0 Å². The molecule has 1 fully saturated rings. The van der Waals surface area contributed by atoms with Crippen LogP contribution in [0.25, 0.3) is 0 Å². The first-order chi connectivity index (χ1) is 7.90. The van der Waals surface area contributed by atoms with E-state index in [9.17, 15) is 0 Å². The molecule has 2 aliphatic rings. The maximum atomic E-state index is 3.57. The zero-order valence-electron chi connectivity index (χ0n) is 9.78. The maximum absolute atomic E-state index is 3.57. The van der Waals surface area contributed by atoms with Crippen LogP contribution < -0.4 is 5.32 Å². The smallest absolute Gasteiger partial charge is 0.0169 e. The molecule has 1 nitrogen and oxygen atoms in total. The van der Waals surface area contributed by atoms with Crippen molar-refractivity contribution in [2.24, 2.45) is 5.92 Å². The highest BCUT2D eigenvalue weighted by Crippen LogP contribution is 2.45. The number of benzene rings is 1. The molecular weight excluding hydrogens is 214 g/mol. The van der Waals surface area contributed by atoms with Gasteiger partial charge >= 0.3 is 0 Å². The summed E-state index contributed by atoms with van der Waals surface area (Å²) >= 11 is 2.03. The van der Waals surface area contributed by atoms with Gasteiger partial charge in [-0.1, -0.05) is 24.6 Å². The SMILES string of the molecule is CNC(C1CCC1)C1CSc2ccccc21. The first-order valence-corrected chi connectivity index (χ1v) is 7.27. The van der Waals surface area contributed by atoms with Crippen molar-refractivity contribution in [3.05, 3.63) is 29.8 Å². The Bertz CT molecular complexity index is 373. The second-order valence-electron chi connectivity index (χ2n) is 4.96. The van der Waals surface area contributed by atoms with Gasteiger partial charge in [-0.05, 0) is 37.4 Å². The third-order valence-electron chi connectivity index (χ3n) is 4.16. The maximum Gasteiger partial charge on any atom is 0.0169 e. The molecule has 1 aliphatic heterocycles. The summed E-state index contributed by atoms with van der Waals surface area (Å²) in [4.78, 5) is 1.51. The van der Waals surface area contributed by atoms with Gasteiger partial charge in [0.15, 0.2) is 0 Å². The van der Waals surface area contributed by atoms with Crippen LogP contribution in [0.5, 0.6) is 0 Å². The molecular formula is C14H19NS. The van der Waals surface area contributed by atoms with Crippen molar-refractivity contribution in [3.8, 4) is 0 Å². The molecule has 3 rings (SSSR count). The molecule has 1 N–H and O–H groups in total. The van der Waals surface area contributed by atoms with Gasteiger partial charge < -0.3 is 5.32 Å². The van der Waals surface area contributed by atoms with Crippen LogP contribution in [0.2, 0.25) is 0 Å². The van der Waals surface area contributed by atoms with Gasteiger partial charge in [-0.15, -0.1) is 11.8 Å². The van der Waals surface area contributed by atoms with Gasteiger partial charge in [0.1, 0.15) is 0 Å². The topological polar surface area (TPSA) is 12.0 Å². The molecule has 2 atom stereocenters. The second-order valence-corrected chi connectivity index (χ2v) is 6.02. The lowest BCUT2D eigenvalue weighted by Gasteiger charge is -2.37. The Morgan fingerprint density at radius 1 is 1.31 bits per heavy atom. The molecule has 0 amide bonds. The summed E-state index contributed by atoms with van der Waals surface area (Å²) < 4.78 is 0. The van der Waals surface area contributed by atoms with Crippen LogP contribution in [0.4, 0.5) is 0 Å². The third-order valence-corrected chi connectivity index (χ3v) is 5.37. The zero-order valence-corrected chi connectivity index (χ0v) is 10.6. The summed E-state index contributed by atoms with van der Waals surface area (Å²) in [6, 6.07) is 9.64. The minimum atomic E-state index is 0.699. The highest BCUT2D eigenvalue weighted by Gasteiger charge is 2.36. The number of hydrogen-bond donors (Lipinski definition) is 1. The molecule has 2 heteroatoms. The zero-order chi connectivity index (χ0) is 11.0. The molecule has 86 valence electrons. The van der Waals surface area contributed by atoms with Gasteiger partial charge in [0.25, 0.3) is 0 Å². The molecule has 1 saturated carbocycles. The minimum Gasteiger partial charge on any atom is -0.316 e. The Morgan fingerprint density at radius 2 is 2.12 bits per heavy atom. The Hall–Kier alpha value is -0.470. The fourth-order valence-corrected chi connectivity index (χ4v) is 4.36. The van der Waals surface area contributed by atoms with Gasteiger partial charge in [-0.2, -0.15) is 0 Å². The van der Waals surface area contributed by atoms with E-state index >= 15 is 0 Å². The summed E-state index contributed by atoms with van der Waals surface area (Å²) in [6.45, 7) is 0. The summed E-state index contributed by atoms with van der Waals surface area (Å²) in [5.74, 6) is 2.92. The average Bonchev–Trinajstić information content (AvgIpc) is 2.67. The van der Waals surface area contributed by atoms with Crippen molar-refractivity contribution >= 4 is 11.8 Å². The van der Waals surface area contributed by atoms with Crippen molar-refractivity contribution in [2.45, 2.75) is 36.1 Å². The quantitative estimate of drug-likeness (QED) is 0.860. The highest BCUT2D eigenvalue weighted by molar-refractivity contribution is 7.99. The predicted octanol–water partition coefficient (Wildman–Crippen LogP) is 3.26. The average molecular weight is 233 g/mol. The number of thioether (sulfide) groups is 1. The van der Waals surface area contributed by atoms with Crippen molar-refractivity contribution in [1.82, 2.24) is 5.32 Å². The van der Waals surface area contributed by atoms with Crippen molar-refractivity contribution in [1.29, 1.82) is 0 Å². The predicted molar refractivity (Wildman–Crippen MR) is 70.1 cm³/mol. The van der Waals surface area contributed by atoms with E-state index < -0.39 is 0 Å². The Balaban J connectivity index is 1.84. The minimum absolute atomic E-state index is 0.699. The molecule has 16 heavy (non-hydrogen) atoms. The number of likely N-dealkylation sites (N-methyl/N-ethyl adjacent to an activating group) is 1. The highest BCUT2D eigenvalue weighted by atomic mass is 32.2. The van der Waals surface area contributed by atoms with Gasteiger partial charge in [0.05, 0.1) is 0 Å². The van der Waals surface area contributed by atoms with Crippen LogP contribution in [0.1, 0.15) is 30.7 Å². The largest absolute Gasteiger partial charge is 0.316 e. The lowest BCUT2D eigenvalue weighted by Crippen LogP contribution is -2.42. The van der Waals surface area contributed by atoms with Gasteiger partial charge in [0.2, 0.25) is 0 Å². The van der Waals surface area contributed by atoms with Gasteiger partial charge in [0, 0.05) is 22.6 Å². The van der Waals surface area contributed by atoms with Gasteiger partial charge in [-0.25, -0.2) is 0 Å². The van der Waals surface area contributed by atoms with E-state index in [4.69, 9.17) is 0 Å². The van der Waals surface area contributed by atoms with E-state index in [1.54, 1.807) is 5.56 Å². The van der Waals surface area contributed by atoms with E-state index in [1.807, 2.05) is 11.8 Å². The summed E-state index contributed by atoms with van der Waals surface area (Å²) in [7, 11) is 2.13. The Morgan fingerprint density at radius 3 is 2.81 bits per heavy atom. The lowest BCUT2D eigenvalue weighted by molar-refractivity contribution is 0.218. The van der Waals surface area contributed by atoms with Crippen molar-refractivity contribution < 1.29 is 0 Å². The Labute approximate surface area is 102 Å². The number of hydrogen-bond acceptors (Lipinski definition) is 2. The van der Waals surface area contributed by atoms with E-state index in [0.717, 1.165) is 11.8 Å². The molecule has 1 aromatic rings. The van der Waals surface area contributed by atoms with Crippen LogP contribution in [-0.4, -0.2) is 18.8 Å². The monoisotopic (exact) mass is 233 g/mol. The van der Waals surface area contributed by atoms with Gasteiger partial charge in [-0.3, -0.25) is 0 Å². The molecule has 1 heterocycles. The number of rotatable bonds is 3. The molecule has 0 radical (unpaired) electrons. The normalized spacial score (nSPS) is 26.2. The van der Waals surface area contributed by atoms with Crippen molar-refractivity contribution in [3.63, 3.8) is 0 Å². The fraction of sp³-hybridized carbons (Fsp3) is 0.571. The summed E-state index contributed by atoms with van der Waals surface area (Å²) in [5.41, 5.74) is 1.58. The number of fused-ring (bicyclic) bond motifs is 1. The first-order valence-electron chi connectivity index (χ1n) is 6.29. The van der Waals surface area contributed by atoms with Crippen LogP contribution in [0, 0.1) is 5.92 Å². The van der Waals surface area contributed by atoms with E-state index in [2.05, 4.69) is 36.6 Å². The van der Waals surface area contributed by atoms with Crippen LogP contribution in [0.15, 0.2) is 29.2 Å². The van der Waals surface area contributed by atoms with E-state index in [0.29, 0.717) is 6.04 Å². The molecule has 2 unspecified atom stereocenters. The standard InChI is InChI=1S/C14H19NS/c1-15-14(10-5-4-6-10)12-9-16-13-8-3-2-7-11(12)13/h2-3,7-8,10,12,14-15H,4-6,9H2,1H3. The third kappa shape index (κ3) is 1.68. The molecule has 0 bridgehead atoms. The van der Waals surface area contributed by atoms with E-state index in [-0.39, 0.29) is 0 Å². The molecule has 0 aromatic heterocycles. The molecule has 0 saturated heterocycles. The Kier molecular flexibility index (Phi) is 2.95. The molecule has 1 aromatic carbocycles.